The summed E-state index contributed by atoms with van der Waals surface area (Å²) in [5.74, 6) is 0. The van der Waals surface area contributed by atoms with Gasteiger partial charge >= 0.3 is 0 Å². The van der Waals surface area contributed by atoms with Gasteiger partial charge in [-0.15, -0.1) is 0 Å². The van der Waals surface area contributed by atoms with Crippen LogP contribution in [0.15, 0.2) is 190 Å². The molecule has 9 aromatic carbocycles. The summed E-state index contributed by atoms with van der Waals surface area (Å²) in [5, 5.41) is 2.39. The van der Waals surface area contributed by atoms with Crippen molar-refractivity contribution in [3.8, 4) is 55.6 Å². The Bertz CT molecular complexity index is 3850. The van der Waals surface area contributed by atoms with Gasteiger partial charge in [-0.1, -0.05) is 145 Å². The summed E-state index contributed by atoms with van der Waals surface area (Å²) in [4.78, 5) is 4.25. The fourth-order valence-electron chi connectivity index (χ4n) is 12.6. The number of hydrogen-bond donors (Lipinski definition) is 0. The van der Waals surface area contributed by atoms with Crippen molar-refractivity contribution >= 4 is 49.8 Å². The molecular formula is C63H47NO2S. The zero-order chi connectivity index (χ0) is 45.3. The summed E-state index contributed by atoms with van der Waals surface area (Å²) in [6.45, 7) is 14.3. The van der Waals surface area contributed by atoms with Crippen LogP contribution in [0.25, 0.3) is 77.6 Å². The zero-order valence-corrected chi connectivity index (χ0v) is 39.2. The predicted octanol–water partition coefficient (Wildman–Crippen LogP) is 16.8. The van der Waals surface area contributed by atoms with Gasteiger partial charge in [0.2, 0.25) is 0 Å². The number of nitrogens with zero attached hydrogens (tertiary/aromatic N) is 1. The molecule has 1 aliphatic heterocycles. The lowest BCUT2D eigenvalue weighted by molar-refractivity contribution is 0.651. The van der Waals surface area contributed by atoms with E-state index in [1.807, 2.05) is 12.1 Å². The summed E-state index contributed by atoms with van der Waals surface area (Å²) >= 11 is 0. The fraction of sp³-hybridized carbons (Fsp3) is 0.143. The Hall–Kier alpha value is -7.27. The van der Waals surface area contributed by atoms with E-state index in [0.717, 1.165) is 60.3 Å². The van der Waals surface area contributed by atoms with Crippen LogP contribution >= 0.6 is 0 Å². The highest BCUT2D eigenvalue weighted by molar-refractivity contribution is 7.86. The summed E-state index contributed by atoms with van der Waals surface area (Å²) in [6.07, 6.45) is 0. The lowest BCUT2D eigenvalue weighted by Gasteiger charge is -2.29. The molecule has 3 aliphatic carbocycles. The first-order valence-corrected chi connectivity index (χ1v) is 24.6. The molecule has 14 rings (SSSR count). The molecule has 0 saturated heterocycles. The SMILES string of the molecule is CC1(C)c2cc(N(c3ccccc3)c3ccc4c(c3)C(C)(C)c3cc(-c5ccccc5)c5c(c3-4)-c3ccccc3S5=O)ccc2-c2cc3c(cc21)-c1c(ccc2oc4ccccc4c12)C3(C)C. The van der Waals surface area contributed by atoms with Crippen LogP contribution < -0.4 is 4.90 Å². The second kappa shape index (κ2) is 13.2. The minimum atomic E-state index is -1.30. The van der Waals surface area contributed by atoms with Crippen LogP contribution in [-0.4, -0.2) is 4.21 Å². The van der Waals surface area contributed by atoms with Crippen LogP contribution in [0.3, 0.4) is 0 Å². The van der Waals surface area contributed by atoms with Crippen LogP contribution in [0.5, 0.6) is 0 Å². The van der Waals surface area contributed by atoms with Crippen molar-refractivity contribution in [2.75, 3.05) is 4.90 Å². The van der Waals surface area contributed by atoms with E-state index >= 15 is 0 Å². The van der Waals surface area contributed by atoms with E-state index in [1.54, 1.807) is 0 Å². The minimum Gasteiger partial charge on any atom is -0.456 e. The molecule has 0 radical (unpaired) electrons. The first kappa shape index (κ1) is 38.9. The van der Waals surface area contributed by atoms with E-state index in [-0.39, 0.29) is 16.2 Å². The molecule has 1 aromatic heterocycles. The van der Waals surface area contributed by atoms with Gasteiger partial charge in [-0.05, 0) is 151 Å². The molecule has 1 atom stereocenters. The second-order valence-corrected chi connectivity index (χ2v) is 22.0. The molecule has 0 bridgehead atoms. The number of anilines is 3. The monoisotopic (exact) mass is 881 g/mol. The minimum absolute atomic E-state index is 0.173. The molecule has 3 nitrogen and oxygen atoms in total. The van der Waals surface area contributed by atoms with Crippen LogP contribution in [0, 0.1) is 0 Å². The molecular weight excluding hydrogens is 835 g/mol. The standard InChI is InChI=1S/C63H47NO2S/c1-61(2)47-29-30-54-58(42-21-13-15-23-53(42)66-54)57(47)46-35-50-45(34-51(46)61)40-27-25-38(31-48(40)62(50,3)4)64(37-19-11-8-12-20-37)39-26-28-41-49(32-39)63(5,6)52-33-44(36-17-9-7-10-18-36)60-59(56(41)52)43-22-14-16-24-55(43)67(60)65/h7-35H,1-6H3. The lowest BCUT2D eigenvalue weighted by Crippen LogP contribution is -2.18. The highest BCUT2D eigenvalue weighted by atomic mass is 32.2. The van der Waals surface area contributed by atoms with Crippen molar-refractivity contribution < 1.29 is 8.63 Å². The summed E-state index contributed by atoms with van der Waals surface area (Å²) in [7, 11) is -1.30. The Kier molecular flexibility index (Phi) is 7.68. The van der Waals surface area contributed by atoms with Gasteiger partial charge < -0.3 is 9.32 Å². The van der Waals surface area contributed by atoms with E-state index in [9.17, 15) is 4.21 Å². The topological polar surface area (TPSA) is 33.5 Å². The average Bonchev–Trinajstić information content (AvgIpc) is 4.06. The number of benzene rings is 9. The van der Waals surface area contributed by atoms with Crippen LogP contribution in [-0.2, 0) is 27.0 Å². The Morgan fingerprint density at radius 2 is 0.985 bits per heavy atom. The van der Waals surface area contributed by atoms with Crippen molar-refractivity contribution in [1.82, 2.24) is 0 Å². The lowest BCUT2D eigenvalue weighted by atomic mass is 9.79. The summed E-state index contributed by atoms with van der Waals surface area (Å²) < 4.78 is 21.0. The van der Waals surface area contributed by atoms with E-state index < -0.39 is 10.8 Å². The average molecular weight is 882 g/mol. The Labute approximate surface area is 393 Å². The van der Waals surface area contributed by atoms with Gasteiger partial charge in [0, 0.05) is 55.2 Å². The molecule has 0 N–H and O–H groups in total. The third-order valence-corrected chi connectivity index (χ3v) is 17.6. The van der Waals surface area contributed by atoms with Crippen molar-refractivity contribution in [1.29, 1.82) is 0 Å². The van der Waals surface area contributed by atoms with Crippen molar-refractivity contribution in [2.45, 2.75) is 67.6 Å². The van der Waals surface area contributed by atoms with Gasteiger partial charge in [0.15, 0.2) is 0 Å². The Morgan fingerprint density at radius 3 is 1.76 bits per heavy atom. The van der Waals surface area contributed by atoms with E-state index in [1.165, 1.54) is 77.5 Å². The van der Waals surface area contributed by atoms with Gasteiger partial charge in [-0.2, -0.15) is 0 Å². The van der Waals surface area contributed by atoms with Gasteiger partial charge in [0.1, 0.15) is 11.2 Å². The molecule has 1 unspecified atom stereocenters. The largest absolute Gasteiger partial charge is 0.456 e. The van der Waals surface area contributed by atoms with Gasteiger partial charge in [0.05, 0.1) is 20.6 Å². The Morgan fingerprint density at radius 1 is 0.403 bits per heavy atom. The van der Waals surface area contributed by atoms with Gasteiger partial charge in [-0.3, -0.25) is 0 Å². The number of furan rings is 1. The Balaban J connectivity index is 0.923. The maximum Gasteiger partial charge on any atom is 0.136 e. The van der Waals surface area contributed by atoms with E-state index in [4.69, 9.17) is 4.42 Å². The molecule has 0 amide bonds. The fourth-order valence-corrected chi connectivity index (χ4v) is 14.2. The van der Waals surface area contributed by atoms with Crippen LogP contribution in [0.4, 0.5) is 17.1 Å². The maximum atomic E-state index is 14.5. The number of rotatable bonds is 4. The van der Waals surface area contributed by atoms with Crippen molar-refractivity contribution in [3.05, 3.63) is 209 Å². The molecule has 4 heteroatoms. The van der Waals surface area contributed by atoms with Crippen LogP contribution in [0.1, 0.15) is 74.9 Å². The highest BCUT2D eigenvalue weighted by Crippen LogP contribution is 2.61. The highest BCUT2D eigenvalue weighted by Gasteiger charge is 2.45. The van der Waals surface area contributed by atoms with Crippen molar-refractivity contribution in [3.63, 3.8) is 0 Å². The van der Waals surface area contributed by atoms with E-state index in [2.05, 4.69) is 210 Å². The van der Waals surface area contributed by atoms with Crippen LogP contribution in [0.2, 0.25) is 0 Å². The third kappa shape index (κ3) is 5.04. The van der Waals surface area contributed by atoms with Gasteiger partial charge in [0.25, 0.3) is 0 Å². The third-order valence-electron chi connectivity index (χ3n) is 16.0. The number of hydrogen-bond acceptors (Lipinski definition) is 3. The first-order valence-electron chi connectivity index (χ1n) is 23.5. The molecule has 0 saturated carbocycles. The first-order chi connectivity index (χ1) is 32.4. The quantitative estimate of drug-likeness (QED) is 0.177. The molecule has 0 spiro atoms. The van der Waals surface area contributed by atoms with Gasteiger partial charge in [-0.25, -0.2) is 4.21 Å². The normalized spacial score (nSPS) is 16.8. The number of fused-ring (bicyclic) bond motifs is 17. The predicted molar refractivity (Wildman–Crippen MR) is 277 cm³/mol. The molecule has 322 valence electrons. The zero-order valence-electron chi connectivity index (χ0n) is 38.4. The number of para-hydroxylation sites is 2. The van der Waals surface area contributed by atoms with Crippen molar-refractivity contribution in [2.24, 2.45) is 0 Å². The molecule has 0 fully saturated rings. The van der Waals surface area contributed by atoms with E-state index in [0.29, 0.717) is 0 Å². The molecule has 4 aliphatic rings. The molecule has 67 heavy (non-hydrogen) atoms. The smallest absolute Gasteiger partial charge is 0.136 e. The maximum absolute atomic E-state index is 14.5. The molecule has 10 aromatic rings. The summed E-state index contributed by atoms with van der Waals surface area (Å²) in [5.41, 5.74) is 24.4. The second-order valence-electron chi connectivity index (χ2n) is 20.6. The summed E-state index contributed by atoms with van der Waals surface area (Å²) in [6, 6.07) is 64.1. The molecule has 2 heterocycles.